The molecule has 0 spiro atoms. The maximum atomic E-state index is 13.1. The fourth-order valence-corrected chi connectivity index (χ4v) is 2.04. The quantitative estimate of drug-likeness (QED) is 0.847. The van der Waals surface area contributed by atoms with E-state index in [9.17, 15) is 13.2 Å². The molecule has 1 heterocycles. The van der Waals surface area contributed by atoms with Crippen LogP contribution in [0.4, 0.5) is 13.2 Å². The van der Waals surface area contributed by atoms with Crippen molar-refractivity contribution in [1.29, 1.82) is 0 Å². The highest BCUT2D eigenvalue weighted by Crippen LogP contribution is 2.36. The Morgan fingerprint density at radius 1 is 1.30 bits per heavy atom. The summed E-state index contributed by atoms with van der Waals surface area (Å²) in [5.41, 5.74) is -0.385. The number of nitrogens with zero attached hydrogens (tertiary/aromatic N) is 2. The van der Waals surface area contributed by atoms with Gasteiger partial charge in [-0.05, 0) is 31.2 Å². The van der Waals surface area contributed by atoms with Gasteiger partial charge in [-0.25, -0.2) is 4.68 Å². The molecule has 108 valence electrons. The number of hydrogen-bond acceptors (Lipinski definition) is 2. The zero-order valence-electron chi connectivity index (χ0n) is 10.8. The molecule has 0 saturated carbocycles. The van der Waals surface area contributed by atoms with Crippen molar-refractivity contribution in [2.45, 2.75) is 19.2 Å². The number of rotatable bonds is 3. The van der Waals surface area contributed by atoms with Crippen molar-refractivity contribution >= 4 is 11.6 Å². The van der Waals surface area contributed by atoms with Crippen LogP contribution < -0.4 is 0 Å². The number of alkyl halides is 3. The fraction of sp³-hybridized carbons (Fsp3) is 0.308. The highest BCUT2D eigenvalue weighted by Gasteiger charge is 2.35. The standard InChI is InChI=1S/C13H12ClF3N2O/c1-8(20-2)11-5-6-18-19(11)12-4-3-9(14)7-10(12)13(15,16)17/h3-8H,1-2H3. The fourth-order valence-electron chi connectivity index (χ4n) is 1.86. The van der Waals surface area contributed by atoms with Crippen LogP contribution in [-0.2, 0) is 10.9 Å². The first-order valence-corrected chi connectivity index (χ1v) is 6.16. The predicted molar refractivity (Wildman–Crippen MR) is 69.0 cm³/mol. The third-order valence-electron chi connectivity index (χ3n) is 2.93. The smallest absolute Gasteiger partial charge is 0.375 e. The second-order valence-electron chi connectivity index (χ2n) is 4.21. The van der Waals surface area contributed by atoms with Crippen molar-refractivity contribution < 1.29 is 17.9 Å². The Kier molecular flexibility index (Phi) is 4.06. The zero-order chi connectivity index (χ0) is 14.9. The predicted octanol–water partition coefficient (Wildman–Crippen LogP) is 4.25. The van der Waals surface area contributed by atoms with E-state index in [1.54, 1.807) is 13.0 Å². The third-order valence-corrected chi connectivity index (χ3v) is 3.17. The van der Waals surface area contributed by atoms with Gasteiger partial charge in [-0.2, -0.15) is 18.3 Å². The SMILES string of the molecule is COC(C)c1ccnn1-c1ccc(Cl)cc1C(F)(F)F. The second kappa shape index (κ2) is 5.46. The molecule has 20 heavy (non-hydrogen) atoms. The summed E-state index contributed by atoms with van der Waals surface area (Å²) < 4.78 is 45.7. The summed E-state index contributed by atoms with van der Waals surface area (Å²) in [5.74, 6) is 0. The maximum Gasteiger partial charge on any atom is 0.418 e. The molecule has 0 N–H and O–H groups in total. The van der Waals surface area contributed by atoms with Gasteiger partial charge in [0.15, 0.2) is 0 Å². The Balaban J connectivity index is 2.62. The Bertz CT molecular complexity index is 610. The molecule has 1 atom stereocenters. The van der Waals surface area contributed by atoms with E-state index in [4.69, 9.17) is 16.3 Å². The average Bonchev–Trinajstić information content (AvgIpc) is 2.85. The minimum Gasteiger partial charge on any atom is -0.375 e. The van der Waals surface area contributed by atoms with Gasteiger partial charge in [-0.15, -0.1) is 0 Å². The number of hydrogen-bond donors (Lipinski definition) is 0. The molecular weight excluding hydrogens is 293 g/mol. The van der Waals surface area contributed by atoms with E-state index >= 15 is 0 Å². The first-order chi connectivity index (χ1) is 9.34. The van der Waals surface area contributed by atoms with Gasteiger partial charge in [-0.1, -0.05) is 11.6 Å². The zero-order valence-corrected chi connectivity index (χ0v) is 11.5. The highest BCUT2D eigenvalue weighted by molar-refractivity contribution is 6.30. The summed E-state index contributed by atoms with van der Waals surface area (Å²) >= 11 is 5.66. The van der Waals surface area contributed by atoms with E-state index in [-0.39, 0.29) is 16.8 Å². The lowest BCUT2D eigenvalue weighted by Crippen LogP contribution is -2.14. The molecule has 1 aromatic carbocycles. The van der Waals surface area contributed by atoms with Gasteiger partial charge < -0.3 is 4.74 Å². The molecule has 3 nitrogen and oxygen atoms in total. The van der Waals surface area contributed by atoms with Crippen LogP contribution in [-0.4, -0.2) is 16.9 Å². The molecule has 2 rings (SSSR count). The molecule has 0 aliphatic carbocycles. The van der Waals surface area contributed by atoms with Crippen molar-refractivity contribution in [1.82, 2.24) is 9.78 Å². The first-order valence-electron chi connectivity index (χ1n) is 5.78. The van der Waals surface area contributed by atoms with E-state index in [1.807, 2.05) is 0 Å². The molecule has 0 radical (unpaired) electrons. The van der Waals surface area contributed by atoms with Crippen LogP contribution in [0.3, 0.4) is 0 Å². The Morgan fingerprint density at radius 3 is 2.60 bits per heavy atom. The molecule has 1 unspecified atom stereocenters. The van der Waals surface area contributed by atoms with Crippen LogP contribution >= 0.6 is 11.6 Å². The number of ether oxygens (including phenoxy) is 1. The summed E-state index contributed by atoms with van der Waals surface area (Å²) in [5, 5.41) is 3.98. The largest absolute Gasteiger partial charge is 0.418 e. The number of benzene rings is 1. The van der Waals surface area contributed by atoms with E-state index in [2.05, 4.69) is 5.10 Å². The van der Waals surface area contributed by atoms with Crippen LogP contribution in [0.2, 0.25) is 5.02 Å². The topological polar surface area (TPSA) is 27.1 Å². The lowest BCUT2D eigenvalue weighted by atomic mass is 10.1. The minimum atomic E-state index is -4.51. The van der Waals surface area contributed by atoms with Gasteiger partial charge in [0.25, 0.3) is 0 Å². The number of methoxy groups -OCH3 is 1. The van der Waals surface area contributed by atoms with Crippen molar-refractivity contribution in [3.05, 3.63) is 46.7 Å². The normalized spacial score (nSPS) is 13.5. The molecule has 0 fully saturated rings. The second-order valence-corrected chi connectivity index (χ2v) is 4.64. The molecule has 0 amide bonds. The van der Waals surface area contributed by atoms with E-state index in [0.717, 1.165) is 6.07 Å². The first kappa shape index (κ1) is 14.9. The number of halogens is 4. The Labute approximate surface area is 118 Å². The summed E-state index contributed by atoms with van der Waals surface area (Å²) in [6.45, 7) is 1.73. The van der Waals surface area contributed by atoms with Gasteiger partial charge in [0, 0.05) is 18.3 Å². The van der Waals surface area contributed by atoms with Crippen molar-refractivity contribution in [2.24, 2.45) is 0 Å². The van der Waals surface area contributed by atoms with Gasteiger partial charge in [0.05, 0.1) is 23.0 Å². The number of aromatic nitrogens is 2. The summed E-state index contributed by atoms with van der Waals surface area (Å²) in [7, 11) is 1.48. The van der Waals surface area contributed by atoms with Crippen molar-refractivity contribution in [3.8, 4) is 5.69 Å². The van der Waals surface area contributed by atoms with Crippen LogP contribution in [0.1, 0.15) is 24.3 Å². The molecule has 0 aliphatic rings. The Hall–Kier alpha value is -1.53. The molecule has 7 heteroatoms. The van der Waals surface area contributed by atoms with Crippen LogP contribution in [0.5, 0.6) is 0 Å². The monoisotopic (exact) mass is 304 g/mol. The summed E-state index contributed by atoms with van der Waals surface area (Å²) in [4.78, 5) is 0. The van der Waals surface area contributed by atoms with Gasteiger partial charge in [0.1, 0.15) is 0 Å². The van der Waals surface area contributed by atoms with Crippen molar-refractivity contribution in [3.63, 3.8) is 0 Å². The lowest BCUT2D eigenvalue weighted by Gasteiger charge is -2.17. The minimum absolute atomic E-state index is 0.0228. The molecule has 0 saturated heterocycles. The van der Waals surface area contributed by atoms with E-state index in [0.29, 0.717) is 5.69 Å². The summed E-state index contributed by atoms with van der Waals surface area (Å²) in [6.07, 6.45) is -3.46. The summed E-state index contributed by atoms with van der Waals surface area (Å²) in [6, 6.07) is 5.20. The maximum absolute atomic E-state index is 13.1. The molecular formula is C13H12ClF3N2O. The van der Waals surface area contributed by atoms with Gasteiger partial charge in [0.2, 0.25) is 0 Å². The van der Waals surface area contributed by atoms with Crippen LogP contribution in [0.15, 0.2) is 30.5 Å². The van der Waals surface area contributed by atoms with Gasteiger partial charge in [-0.3, -0.25) is 0 Å². The molecule has 0 aliphatic heterocycles. The van der Waals surface area contributed by atoms with E-state index in [1.165, 1.54) is 30.1 Å². The third kappa shape index (κ3) is 2.81. The van der Waals surface area contributed by atoms with Crippen LogP contribution in [0.25, 0.3) is 5.69 Å². The van der Waals surface area contributed by atoms with Crippen molar-refractivity contribution in [2.75, 3.05) is 7.11 Å². The Morgan fingerprint density at radius 2 is 2.00 bits per heavy atom. The lowest BCUT2D eigenvalue weighted by molar-refractivity contribution is -0.137. The van der Waals surface area contributed by atoms with E-state index < -0.39 is 11.7 Å². The average molecular weight is 305 g/mol. The molecule has 1 aromatic heterocycles. The van der Waals surface area contributed by atoms with Crippen LogP contribution in [0, 0.1) is 0 Å². The van der Waals surface area contributed by atoms with Gasteiger partial charge >= 0.3 is 6.18 Å². The molecule has 0 bridgehead atoms. The highest BCUT2D eigenvalue weighted by atomic mass is 35.5. The molecule has 2 aromatic rings.